The first-order chi connectivity index (χ1) is 13.8. The molecule has 2 unspecified atom stereocenters. The van der Waals surface area contributed by atoms with Gasteiger partial charge in [0.25, 0.3) is 0 Å². The summed E-state index contributed by atoms with van der Waals surface area (Å²) in [6.07, 6.45) is 1.80. The van der Waals surface area contributed by atoms with Crippen LogP contribution in [0.4, 0.5) is 13.6 Å². The molecule has 1 aromatic heterocycles. The van der Waals surface area contributed by atoms with Crippen LogP contribution in [0.15, 0.2) is 22.7 Å². The number of hydrogen-bond donors (Lipinski definition) is 3. The summed E-state index contributed by atoms with van der Waals surface area (Å²) in [6.45, 7) is 1.76. The Morgan fingerprint density at radius 3 is 2.66 bits per heavy atom. The SMILES string of the molecule is COc1cc(F)c([C@@H]2CNC(=O)[C@@H]2C2CC2(NC(N)=O)c2ncc(C)o2)c(F)c1. The number of carbonyl (C=O) groups is 2. The highest BCUT2D eigenvalue weighted by molar-refractivity contribution is 5.84. The summed E-state index contributed by atoms with van der Waals surface area (Å²) in [7, 11) is 1.31. The molecule has 2 fully saturated rings. The molecule has 1 aliphatic heterocycles. The normalized spacial score (nSPS) is 28.1. The molecule has 4 N–H and O–H groups in total. The van der Waals surface area contributed by atoms with E-state index >= 15 is 0 Å². The van der Waals surface area contributed by atoms with E-state index in [4.69, 9.17) is 14.9 Å². The van der Waals surface area contributed by atoms with Crippen molar-refractivity contribution in [3.05, 3.63) is 47.2 Å². The number of oxazole rings is 1. The van der Waals surface area contributed by atoms with Gasteiger partial charge in [-0.15, -0.1) is 0 Å². The van der Waals surface area contributed by atoms with Crippen molar-refractivity contribution < 1.29 is 27.5 Å². The standard InChI is InChI=1S/C19H20F2N4O4/c1-8-6-24-17(29-8)19(25-18(22)27)5-11(19)14-10(7-23-16(14)26)15-12(20)3-9(28-2)4-13(15)21/h3-4,6,10-11,14H,5,7H2,1-2H3,(H,23,26)(H3,22,25,27)/t10-,11?,14+,19?/m1/s1. The van der Waals surface area contributed by atoms with Crippen molar-refractivity contribution in [1.82, 2.24) is 15.6 Å². The number of benzene rings is 1. The number of ether oxygens (including phenoxy) is 1. The molecule has 8 nitrogen and oxygen atoms in total. The van der Waals surface area contributed by atoms with Gasteiger partial charge in [0.05, 0.1) is 19.2 Å². The zero-order chi connectivity index (χ0) is 20.9. The van der Waals surface area contributed by atoms with Gasteiger partial charge in [-0.3, -0.25) is 4.79 Å². The van der Waals surface area contributed by atoms with E-state index in [1.165, 1.54) is 13.3 Å². The third-order valence-electron chi connectivity index (χ3n) is 5.69. The minimum atomic E-state index is -1.09. The van der Waals surface area contributed by atoms with Crippen molar-refractivity contribution >= 4 is 11.9 Å². The number of hydrogen-bond acceptors (Lipinski definition) is 5. The second-order valence-corrected chi connectivity index (χ2v) is 7.43. The molecule has 2 aliphatic rings. The average molecular weight is 406 g/mol. The maximum Gasteiger partial charge on any atom is 0.313 e. The monoisotopic (exact) mass is 406 g/mol. The minimum absolute atomic E-state index is 0.0454. The lowest BCUT2D eigenvalue weighted by atomic mass is 9.83. The van der Waals surface area contributed by atoms with E-state index in [-0.39, 0.29) is 29.7 Å². The van der Waals surface area contributed by atoms with E-state index in [2.05, 4.69) is 15.6 Å². The maximum absolute atomic E-state index is 14.7. The Bertz CT molecular complexity index is 971. The van der Waals surface area contributed by atoms with Crippen molar-refractivity contribution in [2.75, 3.05) is 13.7 Å². The van der Waals surface area contributed by atoms with Crippen molar-refractivity contribution in [2.45, 2.75) is 24.8 Å². The number of urea groups is 1. The highest BCUT2D eigenvalue weighted by Crippen LogP contribution is 2.59. The fraction of sp³-hybridized carbons (Fsp3) is 0.421. The summed E-state index contributed by atoms with van der Waals surface area (Å²) in [4.78, 5) is 28.4. The minimum Gasteiger partial charge on any atom is -0.497 e. The van der Waals surface area contributed by atoms with E-state index in [0.29, 0.717) is 12.2 Å². The van der Waals surface area contributed by atoms with Gasteiger partial charge in [-0.1, -0.05) is 0 Å². The number of nitrogens with one attached hydrogen (secondary N) is 2. The molecule has 1 saturated heterocycles. The van der Waals surface area contributed by atoms with Gasteiger partial charge in [0.2, 0.25) is 11.8 Å². The number of rotatable bonds is 5. The lowest BCUT2D eigenvalue weighted by Crippen LogP contribution is -2.42. The quantitative estimate of drug-likeness (QED) is 0.698. The van der Waals surface area contributed by atoms with E-state index in [9.17, 15) is 18.4 Å². The molecule has 4 atom stereocenters. The van der Waals surface area contributed by atoms with Crippen molar-refractivity contribution in [3.63, 3.8) is 0 Å². The molecular weight excluding hydrogens is 386 g/mol. The molecule has 10 heteroatoms. The van der Waals surface area contributed by atoms with Gasteiger partial charge in [-0.05, 0) is 13.3 Å². The van der Waals surface area contributed by atoms with Crippen LogP contribution in [0.3, 0.4) is 0 Å². The number of methoxy groups -OCH3 is 1. The Labute approximate surface area is 164 Å². The number of primary amides is 1. The van der Waals surface area contributed by atoms with Crippen LogP contribution < -0.4 is 21.1 Å². The number of aromatic nitrogens is 1. The second-order valence-electron chi connectivity index (χ2n) is 7.43. The number of amides is 3. The first-order valence-corrected chi connectivity index (χ1v) is 9.08. The van der Waals surface area contributed by atoms with Gasteiger partial charge in [-0.2, -0.15) is 0 Å². The zero-order valence-corrected chi connectivity index (χ0v) is 15.8. The van der Waals surface area contributed by atoms with Gasteiger partial charge >= 0.3 is 6.03 Å². The molecule has 29 heavy (non-hydrogen) atoms. The zero-order valence-electron chi connectivity index (χ0n) is 15.8. The summed E-state index contributed by atoms with van der Waals surface area (Å²) >= 11 is 0. The summed E-state index contributed by atoms with van der Waals surface area (Å²) in [5.74, 6) is -3.22. The Morgan fingerprint density at radius 1 is 1.41 bits per heavy atom. The molecule has 0 radical (unpaired) electrons. The van der Waals surface area contributed by atoms with Crippen LogP contribution in [-0.4, -0.2) is 30.6 Å². The smallest absolute Gasteiger partial charge is 0.313 e. The Hall–Kier alpha value is -3.17. The molecule has 3 amide bonds. The van der Waals surface area contributed by atoms with Gasteiger partial charge in [0.15, 0.2) is 0 Å². The van der Waals surface area contributed by atoms with Crippen molar-refractivity contribution in [1.29, 1.82) is 0 Å². The summed E-state index contributed by atoms with van der Waals surface area (Å²) in [5.41, 5.74) is 4.04. The molecule has 1 aliphatic carbocycles. The molecule has 0 spiro atoms. The number of aryl methyl sites for hydroxylation is 1. The molecule has 1 saturated carbocycles. The van der Waals surface area contributed by atoms with Crippen LogP contribution in [-0.2, 0) is 10.3 Å². The Morgan fingerprint density at radius 2 is 2.10 bits per heavy atom. The van der Waals surface area contributed by atoms with Crippen molar-refractivity contribution in [3.8, 4) is 5.75 Å². The molecule has 2 heterocycles. The van der Waals surface area contributed by atoms with Gasteiger partial charge in [0, 0.05) is 36.1 Å². The van der Waals surface area contributed by atoms with Crippen molar-refractivity contribution in [2.24, 2.45) is 17.6 Å². The van der Waals surface area contributed by atoms with E-state index in [1.54, 1.807) is 6.92 Å². The molecule has 4 rings (SSSR count). The summed E-state index contributed by atoms with van der Waals surface area (Å²) in [5, 5.41) is 5.29. The number of nitrogens with zero attached hydrogens (tertiary/aromatic N) is 1. The Kier molecular flexibility index (Phi) is 4.44. The largest absolute Gasteiger partial charge is 0.497 e. The van der Waals surface area contributed by atoms with Gasteiger partial charge < -0.3 is 25.5 Å². The lowest BCUT2D eigenvalue weighted by molar-refractivity contribution is -0.123. The predicted octanol–water partition coefficient (Wildman–Crippen LogP) is 1.68. The van der Waals surface area contributed by atoms with Crippen LogP contribution in [0.25, 0.3) is 0 Å². The third-order valence-corrected chi connectivity index (χ3v) is 5.69. The molecular formula is C19H20F2N4O4. The lowest BCUT2D eigenvalue weighted by Gasteiger charge is -2.22. The van der Waals surface area contributed by atoms with Crippen LogP contribution in [0, 0.1) is 30.4 Å². The van der Waals surface area contributed by atoms with Crippen LogP contribution >= 0.6 is 0 Å². The highest BCUT2D eigenvalue weighted by atomic mass is 19.1. The van der Waals surface area contributed by atoms with E-state index in [0.717, 1.165) is 12.1 Å². The van der Waals surface area contributed by atoms with E-state index in [1.807, 2.05) is 0 Å². The van der Waals surface area contributed by atoms with Gasteiger partial charge in [0.1, 0.15) is 28.7 Å². The van der Waals surface area contributed by atoms with Gasteiger partial charge in [-0.25, -0.2) is 18.6 Å². The fourth-order valence-corrected chi connectivity index (χ4v) is 4.36. The summed E-state index contributed by atoms with van der Waals surface area (Å²) < 4.78 is 39.8. The second kappa shape index (κ2) is 6.71. The van der Waals surface area contributed by atoms with Crippen LogP contribution in [0.1, 0.15) is 29.6 Å². The predicted molar refractivity (Wildman–Crippen MR) is 95.9 cm³/mol. The van der Waals surface area contributed by atoms with Crippen LogP contribution in [0.2, 0.25) is 0 Å². The number of nitrogens with two attached hydrogens (primary N) is 1. The van der Waals surface area contributed by atoms with E-state index < -0.39 is 41.0 Å². The first-order valence-electron chi connectivity index (χ1n) is 9.08. The highest BCUT2D eigenvalue weighted by Gasteiger charge is 2.66. The Balaban J connectivity index is 1.72. The first kappa shape index (κ1) is 19.2. The number of halogens is 2. The average Bonchev–Trinajstić information content (AvgIpc) is 2.97. The molecule has 0 bridgehead atoms. The summed E-state index contributed by atoms with van der Waals surface area (Å²) in [6, 6.07) is 1.36. The third kappa shape index (κ3) is 3.08. The molecule has 154 valence electrons. The molecule has 1 aromatic carbocycles. The molecule has 2 aromatic rings. The number of carbonyl (C=O) groups excluding carboxylic acids is 2. The van der Waals surface area contributed by atoms with Crippen LogP contribution in [0.5, 0.6) is 5.75 Å². The fourth-order valence-electron chi connectivity index (χ4n) is 4.36. The maximum atomic E-state index is 14.7. The topological polar surface area (TPSA) is 119 Å².